The average molecular weight is 314 g/mol. The molecule has 2 amide bonds. The molecule has 1 aromatic rings. The topological polar surface area (TPSA) is 87.7 Å². The van der Waals surface area contributed by atoms with Crippen LogP contribution < -0.4 is 10.6 Å². The molecule has 1 atom stereocenters. The number of nitrogens with one attached hydrogen (secondary N) is 2. The molecular weight excluding hydrogens is 292 g/mol. The van der Waals surface area contributed by atoms with E-state index in [-0.39, 0.29) is 17.5 Å². The van der Waals surface area contributed by atoms with E-state index in [2.05, 4.69) is 10.6 Å². The Morgan fingerprint density at radius 2 is 1.95 bits per heavy atom. The molecule has 6 nitrogen and oxygen atoms in total. The van der Waals surface area contributed by atoms with Gasteiger partial charge in [0.05, 0.1) is 18.2 Å². The van der Waals surface area contributed by atoms with Crippen LogP contribution in [0.15, 0.2) is 0 Å². The van der Waals surface area contributed by atoms with Crippen molar-refractivity contribution in [1.29, 1.82) is 0 Å². The van der Waals surface area contributed by atoms with Crippen molar-refractivity contribution in [3.63, 3.8) is 0 Å². The molecule has 1 rings (SSSR count). The molecule has 1 unspecified atom stereocenters. The van der Waals surface area contributed by atoms with Crippen molar-refractivity contribution in [3.8, 4) is 0 Å². The van der Waals surface area contributed by atoms with Crippen molar-refractivity contribution in [3.05, 3.63) is 16.0 Å². The molecule has 0 aliphatic rings. The Balaban J connectivity index is 2.84. The van der Waals surface area contributed by atoms with Gasteiger partial charge in [-0.25, -0.2) is 9.59 Å². The fourth-order valence-electron chi connectivity index (χ4n) is 1.86. The van der Waals surface area contributed by atoms with Crippen LogP contribution in [-0.4, -0.2) is 36.9 Å². The molecule has 21 heavy (non-hydrogen) atoms. The standard InChI is InChI=1S/C14H22N2O4S/c1-7(2)10(6-20-5)15-14(19)16-12-11(13(17)18)8(3)9(4)21-12/h7,10H,6H2,1-5H3,(H,17,18)(H2,15,16,19). The third-order valence-corrected chi connectivity index (χ3v) is 4.42. The Hall–Kier alpha value is -1.60. The van der Waals surface area contributed by atoms with Gasteiger partial charge in [0.1, 0.15) is 5.00 Å². The van der Waals surface area contributed by atoms with E-state index in [0.29, 0.717) is 17.2 Å². The maximum Gasteiger partial charge on any atom is 0.338 e. The second-order valence-electron chi connectivity index (χ2n) is 5.20. The zero-order valence-electron chi connectivity index (χ0n) is 12.9. The van der Waals surface area contributed by atoms with Crippen molar-refractivity contribution < 1.29 is 19.4 Å². The summed E-state index contributed by atoms with van der Waals surface area (Å²) in [5.41, 5.74) is 0.834. The molecule has 118 valence electrons. The lowest BCUT2D eigenvalue weighted by molar-refractivity contribution is 0.0697. The highest BCUT2D eigenvalue weighted by Gasteiger charge is 2.22. The lowest BCUT2D eigenvalue weighted by Crippen LogP contribution is -2.43. The van der Waals surface area contributed by atoms with E-state index < -0.39 is 12.0 Å². The number of hydrogen-bond donors (Lipinski definition) is 3. The van der Waals surface area contributed by atoms with Gasteiger partial charge in [-0.3, -0.25) is 5.32 Å². The molecule has 1 heterocycles. The summed E-state index contributed by atoms with van der Waals surface area (Å²) in [6.07, 6.45) is 0. The van der Waals surface area contributed by atoms with E-state index in [9.17, 15) is 14.7 Å². The number of methoxy groups -OCH3 is 1. The summed E-state index contributed by atoms with van der Waals surface area (Å²) >= 11 is 1.26. The molecule has 0 aliphatic heterocycles. The van der Waals surface area contributed by atoms with Crippen molar-refractivity contribution in [2.24, 2.45) is 5.92 Å². The molecule has 0 spiro atoms. The van der Waals surface area contributed by atoms with Crippen molar-refractivity contribution >= 4 is 28.3 Å². The minimum atomic E-state index is -1.04. The summed E-state index contributed by atoms with van der Waals surface area (Å²) in [6, 6.07) is -0.556. The van der Waals surface area contributed by atoms with Gasteiger partial charge in [0.15, 0.2) is 0 Å². The number of carbonyl (C=O) groups is 2. The number of ether oxygens (including phenoxy) is 1. The van der Waals surface area contributed by atoms with E-state index in [0.717, 1.165) is 4.88 Å². The maximum absolute atomic E-state index is 12.0. The Morgan fingerprint density at radius 1 is 1.33 bits per heavy atom. The molecule has 0 saturated heterocycles. The molecule has 0 fully saturated rings. The summed E-state index contributed by atoms with van der Waals surface area (Å²) in [6.45, 7) is 7.93. The highest BCUT2D eigenvalue weighted by Crippen LogP contribution is 2.32. The Morgan fingerprint density at radius 3 is 2.43 bits per heavy atom. The first-order valence-electron chi connectivity index (χ1n) is 6.67. The first kappa shape index (κ1) is 17.5. The maximum atomic E-state index is 12.0. The van der Waals surface area contributed by atoms with E-state index in [1.54, 1.807) is 14.0 Å². The molecule has 1 aromatic heterocycles. The predicted molar refractivity (Wildman–Crippen MR) is 83.4 cm³/mol. The third kappa shape index (κ3) is 4.44. The van der Waals surface area contributed by atoms with Crippen LogP contribution in [0.4, 0.5) is 9.80 Å². The number of aromatic carboxylic acids is 1. The highest BCUT2D eigenvalue weighted by atomic mass is 32.1. The Bertz CT molecular complexity index is 525. The first-order valence-corrected chi connectivity index (χ1v) is 7.49. The zero-order valence-corrected chi connectivity index (χ0v) is 13.8. The largest absolute Gasteiger partial charge is 0.478 e. The van der Waals surface area contributed by atoms with Gasteiger partial charge in [0.2, 0.25) is 0 Å². The summed E-state index contributed by atoms with van der Waals surface area (Å²) in [4.78, 5) is 24.2. The molecule has 0 aliphatic carbocycles. The number of rotatable bonds is 6. The van der Waals surface area contributed by atoms with Crippen molar-refractivity contribution in [2.75, 3.05) is 19.0 Å². The number of carbonyl (C=O) groups excluding carboxylic acids is 1. The van der Waals surface area contributed by atoms with E-state index in [1.165, 1.54) is 11.3 Å². The number of amides is 2. The molecule has 0 saturated carbocycles. The lowest BCUT2D eigenvalue weighted by atomic mass is 10.1. The van der Waals surface area contributed by atoms with Gasteiger partial charge in [0.25, 0.3) is 0 Å². The van der Waals surface area contributed by atoms with E-state index >= 15 is 0 Å². The summed E-state index contributed by atoms with van der Waals surface area (Å²) in [7, 11) is 1.57. The van der Waals surface area contributed by atoms with Crippen molar-refractivity contribution in [1.82, 2.24) is 5.32 Å². The van der Waals surface area contributed by atoms with Crippen molar-refractivity contribution in [2.45, 2.75) is 33.7 Å². The van der Waals surface area contributed by atoms with E-state index in [1.807, 2.05) is 20.8 Å². The van der Waals surface area contributed by atoms with Gasteiger partial charge >= 0.3 is 12.0 Å². The zero-order chi connectivity index (χ0) is 16.2. The van der Waals surface area contributed by atoms with Gasteiger partial charge in [-0.15, -0.1) is 11.3 Å². The quantitative estimate of drug-likeness (QED) is 0.753. The van der Waals surface area contributed by atoms with E-state index in [4.69, 9.17) is 4.74 Å². The minimum absolute atomic E-state index is 0.134. The van der Waals surface area contributed by atoms with Crippen LogP contribution >= 0.6 is 11.3 Å². The van der Waals surface area contributed by atoms with Gasteiger partial charge in [0, 0.05) is 12.0 Å². The highest BCUT2D eigenvalue weighted by molar-refractivity contribution is 7.16. The van der Waals surface area contributed by atoms with Crippen LogP contribution in [0.25, 0.3) is 0 Å². The number of aryl methyl sites for hydroxylation is 1. The van der Waals surface area contributed by atoms with Crippen LogP contribution in [0.2, 0.25) is 0 Å². The normalized spacial score (nSPS) is 12.3. The van der Waals surface area contributed by atoms with Gasteiger partial charge in [-0.2, -0.15) is 0 Å². The SMILES string of the molecule is COCC(NC(=O)Nc1sc(C)c(C)c1C(=O)O)C(C)C. The fourth-order valence-corrected chi connectivity index (χ4v) is 2.91. The predicted octanol–water partition coefficient (Wildman–Crippen LogP) is 2.86. The molecule has 0 bridgehead atoms. The molecule has 3 N–H and O–H groups in total. The van der Waals surface area contributed by atoms with Crippen LogP contribution in [0, 0.1) is 19.8 Å². The van der Waals surface area contributed by atoms with Crippen LogP contribution in [0.5, 0.6) is 0 Å². The minimum Gasteiger partial charge on any atom is -0.478 e. The average Bonchev–Trinajstić information content (AvgIpc) is 2.63. The molecule has 7 heteroatoms. The van der Waals surface area contributed by atoms with Gasteiger partial charge < -0.3 is 15.2 Å². The van der Waals surface area contributed by atoms with Gasteiger partial charge in [-0.1, -0.05) is 13.8 Å². The number of carboxylic acids is 1. The number of carboxylic acid groups (broad SMARTS) is 1. The molecular formula is C14H22N2O4S. The number of urea groups is 1. The smallest absolute Gasteiger partial charge is 0.338 e. The van der Waals surface area contributed by atoms with Crippen LogP contribution in [-0.2, 0) is 4.74 Å². The Labute approximate surface area is 128 Å². The number of anilines is 1. The van der Waals surface area contributed by atoms with Crippen LogP contribution in [0.1, 0.15) is 34.6 Å². The monoisotopic (exact) mass is 314 g/mol. The summed E-state index contributed by atoms with van der Waals surface area (Å²) in [5.74, 6) is -0.828. The molecule has 0 radical (unpaired) electrons. The van der Waals surface area contributed by atoms with Gasteiger partial charge in [-0.05, 0) is 25.3 Å². The Kier molecular flexibility index (Phi) is 6.17. The lowest BCUT2D eigenvalue weighted by Gasteiger charge is -2.21. The number of hydrogen-bond acceptors (Lipinski definition) is 4. The first-order chi connectivity index (χ1) is 9.77. The second kappa shape index (κ2) is 7.42. The summed E-state index contributed by atoms with van der Waals surface area (Å²) in [5, 5.41) is 15.0. The number of thiophene rings is 1. The summed E-state index contributed by atoms with van der Waals surface area (Å²) < 4.78 is 5.07. The van der Waals surface area contributed by atoms with Crippen LogP contribution in [0.3, 0.4) is 0 Å². The fraction of sp³-hybridized carbons (Fsp3) is 0.571. The molecule has 0 aromatic carbocycles. The third-order valence-electron chi connectivity index (χ3n) is 3.29. The second-order valence-corrected chi connectivity index (χ2v) is 6.42.